The van der Waals surface area contributed by atoms with E-state index in [0.717, 1.165) is 25.6 Å². The molecule has 106 valence electrons. The van der Waals surface area contributed by atoms with E-state index in [0.29, 0.717) is 18.2 Å². The Morgan fingerprint density at radius 1 is 1.26 bits per heavy atom. The highest BCUT2D eigenvalue weighted by atomic mass is 19.1. The summed E-state index contributed by atoms with van der Waals surface area (Å²) < 4.78 is 26.5. The number of nitrogens with zero attached hydrogens (tertiary/aromatic N) is 1. The molecule has 0 bridgehead atoms. The van der Waals surface area contributed by atoms with E-state index in [2.05, 4.69) is 31.0 Å². The van der Waals surface area contributed by atoms with Gasteiger partial charge in [0, 0.05) is 37.3 Å². The summed E-state index contributed by atoms with van der Waals surface area (Å²) in [4.78, 5) is 2.30. The molecule has 0 aromatic heterocycles. The predicted molar refractivity (Wildman–Crippen MR) is 72.9 cm³/mol. The SMILES string of the molecule is CCC1CN(Cc2cc(F)cc(F)c2)C(C)(C)CN1. The first-order valence-corrected chi connectivity index (χ1v) is 6.84. The van der Waals surface area contributed by atoms with Gasteiger partial charge in [-0.3, -0.25) is 4.90 Å². The van der Waals surface area contributed by atoms with Gasteiger partial charge in [-0.1, -0.05) is 6.92 Å². The lowest BCUT2D eigenvalue weighted by atomic mass is 9.95. The molecule has 0 aliphatic carbocycles. The van der Waals surface area contributed by atoms with Crippen molar-refractivity contribution in [3.63, 3.8) is 0 Å². The van der Waals surface area contributed by atoms with Crippen LogP contribution in [-0.4, -0.2) is 29.6 Å². The fourth-order valence-electron chi connectivity index (χ4n) is 2.56. The minimum absolute atomic E-state index is 0.00549. The first kappa shape index (κ1) is 14.4. The molecule has 1 aliphatic heterocycles. The van der Waals surface area contributed by atoms with E-state index < -0.39 is 11.6 Å². The fraction of sp³-hybridized carbons (Fsp3) is 0.600. The molecule has 1 fully saturated rings. The van der Waals surface area contributed by atoms with Gasteiger partial charge in [-0.15, -0.1) is 0 Å². The van der Waals surface area contributed by atoms with Crippen LogP contribution in [0, 0.1) is 11.6 Å². The van der Waals surface area contributed by atoms with E-state index in [1.807, 2.05) is 0 Å². The fourth-order valence-corrected chi connectivity index (χ4v) is 2.56. The van der Waals surface area contributed by atoms with Gasteiger partial charge in [-0.25, -0.2) is 8.78 Å². The van der Waals surface area contributed by atoms with Crippen molar-refractivity contribution in [3.05, 3.63) is 35.4 Å². The molecule has 0 spiro atoms. The smallest absolute Gasteiger partial charge is 0.126 e. The zero-order chi connectivity index (χ0) is 14.0. The molecule has 1 aromatic carbocycles. The Balaban J connectivity index is 2.14. The lowest BCUT2D eigenvalue weighted by Crippen LogP contribution is -2.61. The number of hydrogen-bond donors (Lipinski definition) is 1. The second-order valence-corrected chi connectivity index (χ2v) is 5.96. The number of nitrogens with one attached hydrogen (secondary N) is 1. The van der Waals surface area contributed by atoms with Crippen LogP contribution < -0.4 is 5.32 Å². The summed E-state index contributed by atoms with van der Waals surface area (Å²) in [7, 11) is 0. The molecule has 0 saturated carbocycles. The van der Waals surface area contributed by atoms with Gasteiger partial charge in [0.05, 0.1) is 0 Å². The molecule has 19 heavy (non-hydrogen) atoms. The van der Waals surface area contributed by atoms with Crippen LogP contribution in [0.2, 0.25) is 0 Å². The highest BCUT2D eigenvalue weighted by Crippen LogP contribution is 2.23. The second kappa shape index (κ2) is 5.55. The van der Waals surface area contributed by atoms with Crippen molar-refractivity contribution < 1.29 is 8.78 Å². The monoisotopic (exact) mass is 268 g/mol. The molecule has 1 aromatic rings. The van der Waals surface area contributed by atoms with Crippen LogP contribution in [0.25, 0.3) is 0 Å². The zero-order valence-corrected chi connectivity index (χ0v) is 11.8. The molecule has 0 radical (unpaired) electrons. The average molecular weight is 268 g/mol. The summed E-state index contributed by atoms with van der Waals surface area (Å²) in [6.45, 7) is 8.84. The normalized spacial score (nSPS) is 23.5. The molecule has 1 unspecified atom stereocenters. The summed E-state index contributed by atoms with van der Waals surface area (Å²) in [6.07, 6.45) is 1.06. The quantitative estimate of drug-likeness (QED) is 0.906. The summed E-state index contributed by atoms with van der Waals surface area (Å²) in [6, 6.07) is 4.21. The van der Waals surface area contributed by atoms with Gasteiger partial charge in [0.15, 0.2) is 0 Å². The Bertz CT molecular complexity index is 426. The highest BCUT2D eigenvalue weighted by Gasteiger charge is 2.33. The van der Waals surface area contributed by atoms with E-state index in [9.17, 15) is 8.78 Å². The predicted octanol–water partition coefficient (Wildman–Crippen LogP) is 2.93. The van der Waals surface area contributed by atoms with Crippen LogP contribution in [0.3, 0.4) is 0 Å². The highest BCUT2D eigenvalue weighted by molar-refractivity contribution is 5.18. The number of benzene rings is 1. The summed E-state index contributed by atoms with van der Waals surface area (Å²) in [5, 5.41) is 3.51. The molecule has 2 rings (SSSR count). The van der Waals surface area contributed by atoms with Gasteiger partial charge in [0.25, 0.3) is 0 Å². The Morgan fingerprint density at radius 2 is 1.89 bits per heavy atom. The Morgan fingerprint density at radius 3 is 2.47 bits per heavy atom. The number of rotatable bonds is 3. The van der Waals surface area contributed by atoms with E-state index >= 15 is 0 Å². The van der Waals surface area contributed by atoms with Crippen LogP contribution in [-0.2, 0) is 6.54 Å². The summed E-state index contributed by atoms with van der Waals surface area (Å²) in [5.74, 6) is -1.01. The number of hydrogen-bond acceptors (Lipinski definition) is 2. The van der Waals surface area contributed by atoms with Gasteiger partial charge < -0.3 is 5.32 Å². The molecular weight excluding hydrogens is 246 g/mol. The molecular formula is C15H22F2N2. The molecule has 2 nitrogen and oxygen atoms in total. The van der Waals surface area contributed by atoms with Crippen LogP contribution in [0.5, 0.6) is 0 Å². The van der Waals surface area contributed by atoms with Crippen LogP contribution in [0.15, 0.2) is 18.2 Å². The van der Waals surface area contributed by atoms with E-state index in [1.165, 1.54) is 12.1 Å². The molecule has 1 heterocycles. The maximum absolute atomic E-state index is 13.2. The van der Waals surface area contributed by atoms with Crippen LogP contribution >= 0.6 is 0 Å². The Labute approximate surface area is 113 Å². The van der Waals surface area contributed by atoms with E-state index in [4.69, 9.17) is 0 Å². The molecule has 1 N–H and O–H groups in total. The summed E-state index contributed by atoms with van der Waals surface area (Å²) >= 11 is 0. The topological polar surface area (TPSA) is 15.3 Å². The molecule has 1 atom stereocenters. The van der Waals surface area contributed by atoms with Crippen molar-refractivity contribution >= 4 is 0 Å². The molecule has 1 saturated heterocycles. The molecule has 1 aliphatic rings. The second-order valence-electron chi connectivity index (χ2n) is 5.96. The first-order valence-electron chi connectivity index (χ1n) is 6.84. The van der Waals surface area contributed by atoms with Crippen molar-refractivity contribution in [3.8, 4) is 0 Å². The largest absolute Gasteiger partial charge is 0.311 e. The van der Waals surface area contributed by atoms with Crippen molar-refractivity contribution in [2.24, 2.45) is 0 Å². The number of piperazine rings is 1. The average Bonchev–Trinajstić information content (AvgIpc) is 2.30. The lowest BCUT2D eigenvalue weighted by molar-refractivity contribution is 0.0575. The van der Waals surface area contributed by atoms with Crippen molar-refractivity contribution in [1.29, 1.82) is 0 Å². The minimum Gasteiger partial charge on any atom is -0.311 e. The third-order valence-corrected chi connectivity index (χ3v) is 3.91. The van der Waals surface area contributed by atoms with Crippen molar-refractivity contribution in [2.45, 2.75) is 45.3 Å². The molecule has 0 amide bonds. The van der Waals surface area contributed by atoms with Crippen LogP contribution in [0.4, 0.5) is 8.78 Å². The van der Waals surface area contributed by atoms with Crippen LogP contribution in [0.1, 0.15) is 32.8 Å². The van der Waals surface area contributed by atoms with E-state index in [1.54, 1.807) is 0 Å². The minimum atomic E-state index is -0.505. The zero-order valence-electron chi connectivity index (χ0n) is 11.8. The van der Waals surface area contributed by atoms with Gasteiger partial charge in [-0.05, 0) is 38.0 Å². The first-order chi connectivity index (χ1) is 8.90. The number of halogens is 2. The van der Waals surface area contributed by atoms with Crippen molar-refractivity contribution in [2.75, 3.05) is 13.1 Å². The maximum Gasteiger partial charge on any atom is 0.126 e. The van der Waals surface area contributed by atoms with E-state index in [-0.39, 0.29) is 5.54 Å². The molecule has 4 heteroatoms. The standard InChI is InChI=1S/C15H22F2N2/c1-4-14-9-19(15(2,3)10-18-14)8-11-5-12(16)7-13(17)6-11/h5-7,14,18H,4,8-10H2,1-3H3. The summed E-state index contributed by atoms with van der Waals surface area (Å²) in [5.41, 5.74) is 0.691. The third kappa shape index (κ3) is 3.51. The maximum atomic E-state index is 13.2. The van der Waals surface area contributed by atoms with Gasteiger partial charge in [0.2, 0.25) is 0 Å². The third-order valence-electron chi connectivity index (χ3n) is 3.91. The Hall–Kier alpha value is -1.00. The van der Waals surface area contributed by atoms with Gasteiger partial charge in [0.1, 0.15) is 11.6 Å². The van der Waals surface area contributed by atoms with Gasteiger partial charge in [-0.2, -0.15) is 0 Å². The van der Waals surface area contributed by atoms with Gasteiger partial charge >= 0.3 is 0 Å². The van der Waals surface area contributed by atoms with Crippen molar-refractivity contribution in [1.82, 2.24) is 10.2 Å². The Kier molecular flexibility index (Phi) is 4.21. The lowest BCUT2D eigenvalue weighted by Gasteiger charge is -2.46.